The molecule has 0 heterocycles. The molecule has 0 radical (unpaired) electrons. The number of aryl methyl sites for hydroxylation is 2. The summed E-state index contributed by atoms with van der Waals surface area (Å²) in [6, 6.07) is 11.6. The molecule has 0 unspecified atom stereocenters. The topological polar surface area (TPSA) is 32.3 Å². The third-order valence-electron chi connectivity index (χ3n) is 2.89. The van der Waals surface area contributed by atoms with E-state index >= 15 is 0 Å². The van der Waals surface area contributed by atoms with Crippen LogP contribution in [0.5, 0.6) is 5.75 Å². The molecule has 0 saturated carbocycles. The van der Waals surface area contributed by atoms with Crippen molar-refractivity contribution in [1.82, 2.24) is 0 Å². The molecule has 0 saturated heterocycles. The lowest BCUT2D eigenvalue weighted by Crippen LogP contribution is -2.00. The van der Waals surface area contributed by atoms with Crippen molar-refractivity contribution in [3.05, 3.63) is 58.1 Å². The van der Waals surface area contributed by atoms with Gasteiger partial charge in [0.25, 0.3) is 0 Å². The molecule has 2 aromatic carbocycles. The van der Waals surface area contributed by atoms with Crippen molar-refractivity contribution in [2.75, 3.05) is 5.32 Å². The number of hydrogen-bond acceptors (Lipinski definition) is 2. The van der Waals surface area contributed by atoms with Gasteiger partial charge >= 0.3 is 0 Å². The number of rotatable bonds is 3. The first kappa shape index (κ1) is 12.8. The van der Waals surface area contributed by atoms with Gasteiger partial charge in [-0.25, -0.2) is 0 Å². The second kappa shape index (κ2) is 5.32. The zero-order valence-electron chi connectivity index (χ0n) is 10.5. The minimum absolute atomic E-state index is 0.380. The molecule has 0 aliphatic carbocycles. The Morgan fingerprint density at radius 2 is 1.61 bits per heavy atom. The van der Waals surface area contributed by atoms with Gasteiger partial charge in [0.2, 0.25) is 0 Å². The lowest BCUT2D eigenvalue weighted by Gasteiger charge is -2.10. The predicted octanol–water partition coefficient (Wildman–Crippen LogP) is 4.27. The molecule has 0 atom stereocenters. The Balaban J connectivity index is 2.08. The first-order valence-corrected chi connectivity index (χ1v) is 6.22. The molecule has 2 rings (SSSR count). The average Bonchev–Trinajstić information content (AvgIpc) is 2.35. The Kier molecular flexibility index (Phi) is 3.78. The second-order valence-corrected chi connectivity index (χ2v) is 4.88. The number of hydrogen-bond donors (Lipinski definition) is 2. The summed E-state index contributed by atoms with van der Waals surface area (Å²) < 4.78 is 0. The van der Waals surface area contributed by atoms with Gasteiger partial charge in [-0.2, -0.15) is 0 Å². The standard InChI is InChI=1S/C15H16ClNO/c1-10-7-12(8-11(2)15(10)18)9-17-14-5-3-13(16)4-6-14/h3-8,17-18H,9H2,1-2H3. The lowest BCUT2D eigenvalue weighted by atomic mass is 10.1. The minimum atomic E-state index is 0.380. The van der Waals surface area contributed by atoms with Gasteiger partial charge in [-0.1, -0.05) is 23.7 Å². The van der Waals surface area contributed by atoms with Crippen LogP contribution in [0.2, 0.25) is 5.02 Å². The smallest absolute Gasteiger partial charge is 0.121 e. The van der Waals surface area contributed by atoms with E-state index in [-0.39, 0.29) is 0 Å². The van der Waals surface area contributed by atoms with Crippen LogP contribution in [0.15, 0.2) is 36.4 Å². The van der Waals surface area contributed by atoms with Crippen LogP contribution < -0.4 is 5.32 Å². The first-order valence-electron chi connectivity index (χ1n) is 5.85. The molecule has 0 aromatic heterocycles. The number of phenols is 1. The van der Waals surface area contributed by atoms with Crippen molar-refractivity contribution in [2.45, 2.75) is 20.4 Å². The van der Waals surface area contributed by atoms with Gasteiger partial charge in [-0.15, -0.1) is 0 Å². The highest BCUT2D eigenvalue weighted by molar-refractivity contribution is 6.30. The molecule has 0 amide bonds. The Morgan fingerprint density at radius 3 is 2.17 bits per heavy atom. The maximum atomic E-state index is 9.71. The number of benzene rings is 2. The van der Waals surface area contributed by atoms with E-state index in [9.17, 15) is 5.11 Å². The third-order valence-corrected chi connectivity index (χ3v) is 3.14. The molecule has 94 valence electrons. The fourth-order valence-corrected chi connectivity index (χ4v) is 2.05. The fourth-order valence-electron chi connectivity index (χ4n) is 1.92. The number of halogens is 1. The summed E-state index contributed by atoms with van der Waals surface area (Å²) in [5, 5.41) is 13.8. The summed E-state index contributed by atoms with van der Waals surface area (Å²) in [6.07, 6.45) is 0. The Bertz CT molecular complexity index is 526. The van der Waals surface area contributed by atoms with E-state index in [1.165, 1.54) is 0 Å². The van der Waals surface area contributed by atoms with E-state index in [0.29, 0.717) is 5.75 Å². The SMILES string of the molecule is Cc1cc(CNc2ccc(Cl)cc2)cc(C)c1O. The molecule has 2 nitrogen and oxygen atoms in total. The van der Waals surface area contributed by atoms with Crippen LogP contribution in [0.3, 0.4) is 0 Å². The summed E-state index contributed by atoms with van der Waals surface area (Å²) >= 11 is 5.83. The summed E-state index contributed by atoms with van der Waals surface area (Å²) in [7, 11) is 0. The molecular formula is C15H16ClNO. The largest absolute Gasteiger partial charge is 0.507 e. The Hall–Kier alpha value is -1.67. The second-order valence-electron chi connectivity index (χ2n) is 4.44. The maximum Gasteiger partial charge on any atom is 0.121 e. The van der Waals surface area contributed by atoms with Gasteiger partial charge in [-0.3, -0.25) is 0 Å². The quantitative estimate of drug-likeness (QED) is 0.865. The van der Waals surface area contributed by atoms with E-state index in [1.54, 1.807) is 0 Å². The highest BCUT2D eigenvalue weighted by atomic mass is 35.5. The maximum absolute atomic E-state index is 9.71. The van der Waals surface area contributed by atoms with E-state index in [2.05, 4.69) is 5.32 Å². The van der Waals surface area contributed by atoms with Gasteiger partial charge in [0.05, 0.1) is 0 Å². The highest BCUT2D eigenvalue weighted by Gasteiger charge is 2.03. The van der Waals surface area contributed by atoms with Gasteiger partial charge in [0.15, 0.2) is 0 Å². The molecule has 2 N–H and O–H groups in total. The monoisotopic (exact) mass is 261 g/mol. The van der Waals surface area contributed by atoms with Crippen LogP contribution in [0, 0.1) is 13.8 Å². The van der Waals surface area contributed by atoms with Gasteiger partial charge in [0.1, 0.15) is 5.75 Å². The number of aromatic hydroxyl groups is 1. The molecule has 0 fully saturated rings. The minimum Gasteiger partial charge on any atom is -0.507 e. The molecule has 0 aliphatic heterocycles. The summed E-state index contributed by atoms with van der Waals surface area (Å²) in [4.78, 5) is 0. The van der Waals surface area contributed by atoms with Crippen LogP contribution >= 0.6 is 11.6 Å². The van der Waals surface area contributed by atoms with Gasteiger partial charge < -0.3 is 10.4 Å². The van der Waals surface area contributed by atoms with Crippen molar-refractivity contribution in [3.63, 3.8) is 0 Å². The van der Waals surface area contributed by atoms with Gasteiger partial charge in [0, 0.05) is 17.3 Å². The van der Waals surface area contributed by atoms with Crippen molar-refractivity contribution in [2.24, 2.45) is 0 Å². The fraction of sp³-hybridized carbons (Fsp3) is 0.200. The van der Waals surface area contributed by atoms with Crippen molar-refractivity contribution in [3.8, 4) is 5.75 Å². The normalized spacial score (nSPS) is 10.4. The molecule has 0 bridgehead atoms. The molecular weight excluding hydrogens is 246 g/mol. The molecule has 0 aliphatic rings. The van der Waals surface area contributed by atoms with E-state index in [0.717, 1.165) is 33.9 Å². The van der Waals surface area contributed by atoms with E-state index in [4.69, 9.17) is 11.6 Å². The van der Waals surface area contributed by atoms with Crippen LogP contribution in [0.4, 0.5) is 5.69 Å². The number of phenolic OH excluding ortho intramolecular Hbond substituents is 1. The number of anilines is 1. The molecule has 3 heteroatoms. The lowest BCUT2D eigenvalue weighted by molar-refractivity contribution is 0.466. The van der Waals surface area contributed by atoms with Crippen molar-refractivity contribution in [1.29, 1.82) is 0 Å². The molecule has 2 aromatic rings. The van der Waals surface area contributed by atoms with E-state index < -0.39 is 0 Å². The summed E-state index contributed by atoms with van der Waals surface area (Å²) in [5.41, 5.74) is 3.99. The Labute approximate surface area is 112 Å². The Morgan fingerprint density at radius 1 is 1.06 bits per heavy atom. The molecule has 0 spiro atoms. The highest BCUT2D eigenvalue weighted by Crippen LogP contribution is 2.23. The first-order chi connectivity index (χ1) is 8.56. The summed E-state index contributed by atoms with van der Waals surface area (Å²) in [5.74, 6) is 0.380. The van der Waals surface area contributed by atoms with Crippen LogP contribution in [0.1, 0.15) is 16.7 Å². The summed E-state index contributed by atoms with van der Waals surface area (Å²) in [6.45, 7) is 4.55. The van der Waals surface area contributed by atoms with Crippen molar-refractivity contribution >= 4 is 17.3 Å². The number of nitrogens with one attached hydrogen (secondary N) is 1. The van der Waals surface area contributed by atoms with Crippen LogP contribution in [-0.4, -0.2) is 5.11 Å². The predicted molar refractivity (Wildman–Crippen MR) is 76.4 cm³/mol. The van der Waals surface area contributed by atoms with Crippen LogP contribution in [-0.2, 0) is 6.54 Å². The molecule has 18 heavy (non-hydrogen) atoms. The third kappa shape index (κ3) is 2.96. The zero-order chi connectivity index (χ0) is 13.1. The van der Waals surface area contributed by atoms with Gasteiger partial charge in [-0.05, 0) is 54.8 Å². The van der Waals surface area contributed by atoms with E-state index in [1.807, 2.05) is 50.2 Å². The average molecular weight is 262 g/mol. The zero-order valence-corrected chi connectivity index (χ0v) is 11.3. The van der Waals surface area contributed by atoms with Crippen molar-refractivity contribution < 1.29 is 5.11 Å². The van der Waals surface area contributed by atoms with Crippen LogP contribution in [0.25, 0.3) is 0 Å².